The first-order chi connectivity index (χ1) is 14.7. The van der Waals surface area contributed by atoms with E-state index in [-0.39, 0.29) is 5.82 Å². The molecule has 0 spiro atoms. The van der Waals surface area contributed by atoms with Crippen molar-refractivity contribution in [3.63, 3.8) is 0 Å². The highest BCUT2D eigenvalue weighted by Crippen LogP contribution is 2.32. The Kier molecular flexibility index (Phi) is 5.89. The van der Waals surface area contributed by atoms with Crippen molar-refractivity contribution in [2.75, 3.05) is 50.7 Å². The van der Waals surface area contributed by atoms with Gasteiger partial charge in [-0.3, -0.25) is 0 Å². The van der Waals surface area contributed by atoms with Crippen LogP contribution in [0.25, 0.3) is 11.1 Å². The molecule has 0 amide bonds. The Balaban J connectivity index is 1.64. The summed E-state index contributed by atoms with van der Waals surface area (Å²) in [5.41, 5.74) is 2.27. The van der Waals surface area contributed by atoms with Crippen molar-refractivity contribution in [3.8, 4) is 22.8 Å². The number of nitrogens with zero attached hydrogens (tertiary/aromatic N) is 4. The number of pyridine rings is 1. The SMILES string of the molecule is COc1ccc(-c2cnc(OC)c(Nc3nc(N4CCOCC4)ncc3F)c2)cc1. The Morgan fingerprint density at radius 2 is 1.77 bits per heavy atom. The molecule has 0 atom stereocenters. The fraction of sp³-hybridized carbons (Fsp3) is 0.286. The minimum Gasteiger partial charge on any atom is -0.497 e. The van der Waals surface area contributed by atoms with Gasteiger partial charge in [-0.15, -0.1) is 0 Å². The first-order valence-electron chi connectivity index (χ1n) is 9.48. The second kappa shape index (κ2) is 8.91. The van der Waals surface area contributed by atoms with Gasteiger partial charge in [-0.2, -0.15) is 4.98 Å². The molecule has 30 heavy (non-hydrogen) atoms. The number of anilines is 3. The third kappa shape index (κ3) is 4.25. The van der Waals surface area contributed by atoms with E-state index in [0.717, 1.165) is 23.1 Å². The van der Waals surface area contributed by atoms with E-state index in [1.54, 1.807) is 13.3 Å². The predicted octanol–water partition coefficient (Wildman–Crippen LogP) is 3.28. The fourth-order valence-corrected chi connectivity index (χ4v) is 3.13. The van der Waals surface area contributed by atoms with E-state index < -0.39 is 5.82 Å². The summed E-state index contributed by atoms with van der Waals surface area (Å²) in [5.74, 6) is 1.03. The number of benzene rings is 1. The molecule has 2 aromatic heterocycles. The minimum atomic E-state index is -0.566. The van der Waals surface area contributed by atoms with E-state index in [9.17, 15) is 4.39 Å². The van der Waals surface area contributed by atoms with Gasteiger partial charge in [0.25, 0.3) is 0 Å². The number of hydrogen-bond donors (Lipinski definition) is 1. The summed E-state index contributed by atoms with van der Waals surface area (Å²) in [5, 5.41) is 3.01. The van der Waals surface area contributed by atoms with E-state index in [2.05, 4.69) is 20.3 Å². The van der Waals surface area contributed by atoms with Crippen LogP contribution in [-0.2, 0) is 4.74 Å². The molecule has 1 saturated heterocycles. The Labute approximate surface area is 173 Å². The molecule has 1 N–H and O–H groups in total. The van der Waals surface area contributed by atoms with Crippen LogP contribution in [0.3, 0.4) is 0 Å². The Hall–Kier alpha value is -3.46. The van der Waals surface area contributed by atoms with Crippen molar-refractivity contribution in [1.82, 2.24) is 15.0 Å². The number of methoxy groups -OCH3 is 2. The molecule has 1 aliphatic rings. The zero-order valence-electron chi connectivity index (χ0n) is 16.8. The van der Waals surface area contributed by atoms with Gasteiger partial charge in [0.2, 0.25) is 11.8 Å². The standard InChI is InChI=1S/C21H22FN5O3/c1-28-16-5-3-14(4-6-16)15-11-18(20(29-2)23-12-15)25-19-17(22)13-24-21(26-19)27-7-9-30-10-8-27/h3-6,11-13H,7-10H2,1-2H3,(H,24,25,26). The van der Waals surface area contributed by atoms with E-state index in [0.29, 0.717) is 43.8 Å². The van der Waals surface area contributed by atoms with Gasteiger partial charge < -0.3 is 24.4 Å². The highest BCUT2D eigenvalue weighted by atomic mass is 19.1. The zero-order valence-corrected chi connectivity index (χ0v) is 16.8. The van der Waals surface area contributed by atoms with Gasteiger partial charge in [0.05, 0.1) is 33.6 Å². The van der Waals surface area contributed by atoms with Gasteiger partial charge in [-0.1, -0.05) is 12.1 Å². The third-order valence-electron chi connectivity index (χ3n) is 4.75. The Bertz CT molecular complexity index is 1010. The van der Waals surface area contributed by atoms with Gasteiger partial charge in [0.15, 0.2) is 11.6 Å². The molecule has 8 nitrogen and oxygen atoms in total. The van der Waals surface area contributed by atoms with Gasteiger partial charge in [0.1, 0.15) is 11.4 Å². The second-order valence-electron chi connectivity index (χ2n) is 6.60. The molecule has 0 aliphatic carbocycles. The van der Waals surface area contributed by atoms with Crippen molar-refractivity contribution in [2.24, 2.45) is 0 Å². The molecular weight excluding hydrogens is 389 g/mol. The maximum Gasteiger partial charge on any atom is 0.237 e. The first kappa shape index (κ1) is 19.8. The van der Waals surface area contributed by atoms with Crippen molar-refractivity contribution >= 4 is 17.5 Å². The van der Waals surface area contributed by atoms with E-state index in [1.807, 2.05) is 35.2 Å². The van der Waals surface area contributed by atoms with Crippen LogP contribution in [0.4, 0.5) is 21.8 Å². The maximum absolute atomic E-state index is 14.5. The van der Waals surface area contributed by atoms with Crippen LogP contribution in [0.2, 0.25) is 0 Å². The lowest BCUT2D eigenvalue weighted by Crippen LogP contribution is -2.37. The van der Waals surface area contributed by atoms with Gasteiger partial charge in [-0.05, 0) is 23.8 Å². The molecule has 3 heterocycles. The number of aromatic nitrogens is 3. The number of halogens is 1. The molecular formula is C21H22FN5O3. The van der Waals surface area contributed by atoms with Gasteiger partial charge in [0, 0.05) is 24.8 Å². The Morgan fingerprint density at radius 3 is 2.47 bits per heavy atom. The van der Waals surface area contributed by atoms with Crippen LogP contribution in [-0.4, -0.2) is 55.5 Å². The molecule has 1 aromatic carbocycles. The number of hydrogen-bond acceptors (Lipinski definition) is 8. The van der Waals surface area contributed by atoms with Crippen LogP contribution >= 0.6 is 0 Å². The smallest absolute Gasteiger partial charge is 0.237 e. The normalized spacial score (nSPS) is 13.8. The summed E-state index contributed by atoms with van der Waals surface area (Å²) in [4.78, 5) is 14.8. The molecule has 1 aliphatic heterocycles. The number of rotatable bonds is 6. The minimum absolute atomic E-state index is 0.0541. The summed E-state index contributed by atoms with van der Waals surface area (Å²) in [6, 6.07) is 9.42. The molecule has 0 saturated carbocycles. The molecule has 156 valence electrons. The highest BCUT2D eigenvalue weighted by molar-refractivity contribution is 5.72. The zero-order chi connectivity index (χ0) is 20.9. The van der Waals surface area contributed by atoms with E-state index in [4.69, 9.17) is 14.2 Å². The lowest BCUT2D eigenvalue weighted by molar-refractivity contribution is 0.122. The molecule has 9 heteroatoms. The monoisotopic (exact) mass is 411 g/mol. The average molecular weight is 411 g/mol. The molecule has 0 unspecified atom stereocenters. The molecule has 0 bridgehead atoms. The summed E-state index contributed by atoms with van der Waals surface area (Å²) in [7, 11) is 3.13. The Morgan fingerprint density at radius 1 is 1.00 bits per heavy atom. The van der Waals surface area contributed by atoms with Gasteiger partial charge >= 0.3 is 0 Å². The number of morpholine rings is 1. The van der Waals surface area contributed by atoms with Crippen LogP contribution in [0.5, 0.6) is 11.6 Å². The summed E-state index contributed by atoms with van der Waals surface area (Å²) in [6.45, 7) is 2.49. The van der Waals surface area contributed by atoms with Crippen LogP contribution in [0.15, 0.2) is 42.7 Å². The first-order valence-corrected chi connectivity index (χ1v) is 9.48. The van der Waals surface area contributed by atoms with Crippen LogP contribution in [0.1, 0.15) is 0 Å². The largest absolute Gasteiger partial charge is 0.497 e. The molecule has 0 radical (unpaired) electrons. The van der Waals surface area contributed by atoms with Gasteiger partial charge in [-0.25, -0.2) is 14.4 Å². The van der Waals surface area contributed by atoms with Crippen molar-refractivity contribution in [1.29, 1.82) is 0 Å². The summed E-state index contributed by atoms with van der Waals surface area (Å²) < 4.78 is 30.4. The quantitative estimate of drug-likeness (QED) is 0.662. The van der Waals surface area contributed by atoms with Crippen molar-refractivity contribution < 1.29 is 18.6 Å². The summed E-state index contributed by atoms with van der Waals surface area (Å²) >= 11 is 0. The third-order valence-corrected chi connectivity index (χ3v) is 4.75. The number of nitrogens with one attached hydrogen (secondary N) is 1. The lowest BCUT2D eigenvalue weighted by atomic mass is 10.1. The number of ether oxygens (including phenoxy) is 3. The fourth-order valence-electron chi connectivity index (χ4n) is 3.13. The maximum atomic E-state index is 14.5. The van der Waals surface area contributed by atoms with Crippen LogP contribution in [0, 0.1) is 5.82 Å². The van der Waals surface area contributed by atoms with Crippen molar-refractivity contribution in [3.05, 3.63) is 48.5 Å². The average Bonchev–Trinajstić information content (AvgIpc) is 2.81. The molecule has 1 fully saturated rings. The molecule has 3 aromatic rings. The molecule has 4 rings (SSSR count). The second-order valence-corrected chi connectivity index (χ2v) is 6.60. The lowest BCUT2D eigenvalue weighted by Gasteiger charge is -2.27. The van der Waals surface area contributed by atoms with E-state index >= 15 is 0 Å². The summed E-state index contributed by atoms with van der Waals surface area (Å²) in [6.07, 6.45) is 2.86. The van der Waals surface area contributed by atoms with E-state index in [1.165, 1.54) is 7.11 Å². The topological polar surface area (TPSA) is 81.6 Å². The van der Waals surface area contributed by atoms with Crippen molar-refractivity contribution in [2.45, 2.75) is 0 Å². The highest BCUT2D eigenvalue weighted by Gasteiger charge is 2.17. The predicted molar refractivity (Wildman–Crippen MR) is 111 cm³/mol. The van der Waals surface area contributed by atoms with Crippen LogP contribution < -0.4 is 19.7 Å².